The maximum absolute atomic E-state index is 5.38. The predicted octanol–water partition coefficient (Wildman–Crippen LogP) is 5.49. The smallest absolute Gasteiger partial charge is 0.201 e. The van der Waals surface area contributed by atoms with Gasteiger partial charge in [-0.3, -0.25) is 0 Å². The van der Waals surface area contributed by atoms with E-state index in [0.717, 1.165) is 28.4 Å². The van der Waals surface area contributed by atoms with Crippen LogP contribution in [0, 0.1) is 0 Å². The molecule has 0 aliphatic rings. The first-order valence-electron chi connectivity index (χ1n) is 11.0. The lowest BCUT2D eigenvalue weighted by Gasteiger charge is -2.11. The first-order valence-corrected chi connectivity index (χ1v) is 11.0. The lowest BCUT2D eigenvalue weighted by molar-refractivity contribution is 0.414. The first-order chi connectivity index (χ1) is 17.2. The van der Waals surface area contributed by atoms with Gasteiger partial charge in [-0.2, -0.15) is 0 Å². The molecule has 0 amide bonds. The Kier molecular flexibility index (Phi) is 6.34. The summed E-state index contributed by atoms with van der Waals surface area (Å²) in [5.74, 6) is 3.46. The van der Waals surface area contributed by atoms with E-state index in [0.29, 0.717) is 35.3 Å². The number of nitrogens with one attached hydrogen (secondary N) is 1. The van der Waals surface area contributed by atoms with Crippen LogP contribution in [0.4, 0.5) is 5.82 Å². The van der Waals surface area contributed by atoms with E-state index in [1.165, 1.54) is 0 Å². The van der Waals surface area contributed by atoms with Gasteiger partial charge in [0.1, 0.15) is 40.2 Å². The number of methoxy groups -OCH3 is 2. The van der Waals surface area contributed by atoms with Gasteiger partial charge < -0.3 is 19.2 Å². The largest absolute Gasteiger partial charge is 0.497 e. The van der Waals surface area contributed by atoms with Crippen LogP contribution >= 0.6 is 0 Å². The van der Waals surface area contributed by atoms with Gasteiger partial charge in [-0.05, 0) is 72.8 Å². The quantitative estimate of drug-likeness (QED) is 0.321. The standard InChI is InChI=1S/C27H23N5O3/c1-33-20-12-8-18(9-13-20)25-26(19-10-14-21(34-2)15-11-19)31-32-27(30-25)23-6-3-7-24(29-23)28-17-22-5-4-16-35-22/h3-16H,17H2,1-2H3,(H,28,29). The van der Waals surface area contributed by atoms with Crippen LogP contribution in [0.15, 0.2) is 89.5 Å². The number of ether oxygens (including phenoxy) is 2. The molecule has 0 spiro atoms. The number of anilines is 1. The molecule has 174 valence electrons. The summed E-state index contributed by atoms with van der Waals surface area (Å²) in [4.78, 5) is 9.56. The lowest BCUT2D eigenvalue weighted by atomic mass is 10.0. The van der Waals surface area contributed by atoms with Crippen molar-refractivity contribution in [3.8, 4) is 45.5 Å². The van der Waals surface area contributed by atoms with Crippen molar-refractivity contribution in [2.24, 2.45) is 0 Å². The Morgan fingerprint density at radius 3 is 2.03 bits per heavy atom. The maximum Gasteiger partial charge on any atom is 0.201 e. The Bertz CT molecular complexity index is 1400. The molecule has 0 saturated carbocycles. The Hall–Kier alpha value is -4.72. The molecule has 0 aliphatic carbocycles. The van der Waals surface area contributed by atoms with E-state index in [9.17, 15) is 0 Å². The summed E-state index contributed by atoms with van der Waals surface area (Å²) >= 11 is 0. The molecule has 0 fully saturated rings. The van der Waals surface area contributed by atoms with Gasteiger partial charge >= 0.3 is 0 Å². The highest BCUT2D eigenvalue weighted by atomic mass is 16.5. The molecule has 1 N–H and O–H groups in total. The molecule has 0 atom stereocenters. The van der Waals surface area contributed by atoms with Crippen LogP contribution in [-0.4, -0.2) is 34.4 Å². The van der Waals surface area contributed by atoms with Crippen LogP contribution in [-0.2, 0) is 6.54 Å². The number of pyridine rings is 1. The molecule has 5 rings (SSSR count). The van der Waals surface area contributed by atoms with E-state index < -0.39 is 0 Å². The molecule has 8 nitrogen and oxygen atoms in total. The molecule has 0 radical (unpaired) electrons. The zero-order valence-electron chi connectivity index (χ0n) is 19.3. The third-order valence-electron chi connectivity index (χ3n) is 5.42. The molecule has 35 heavy (non-hydrogen) atoms. The third-order valence-corrected chi connectivity index (χ3v) is 5.42. The number of benzene rings is 2. The summed E-state index contributed by atoms with van der Waals surface area (Å²) in [6, 6.07) is 24.8. The summed E-state index contributed by atoms with van der Waals surface area (Å²) in [5.41, 5.74) is 3.73. The van der Waals surface area contributed by atoms with E-state index >= 15 is 0 Å². The number of hydrogen-bond donors (Lipinski definition) is 1. The molecular formula is C27H23N5O3. The van der Waals surface area contributed by atoms with Crippen LogP contribution < -0.4 is 14.8 Å². The minimum Gasteiger partial charge on any atom is -0.497 e. The summed E-state index contributed by atoms with van der Waals surface area (Å²) in [7, 11) is 3.28. The minimum atomic E-state index is 0.426. The summed E-state index contributed by atoms with van der Waals surface area (Å²) in [6.45, 7) is 0.524. The van der Waals surface area contributed by atoms with Crippen molar-refractivity contribution in [3.05, 3.63) is 90.9 Å². The van der Waals surface area contributed by atoms with E-state index in [1.54, 1.807) is 20.5 Å². The monoisotopic (exact) mass is 465 g/mol. The number of aromatic nitrogens is 4. The van der Waals surface area contributed by atoms with Crippen LogP contribution in [0.3, 0.4) is 0 Å². The second-order valence-corrected chi connectivity index (χ2v) is 7.63. The highest BCUT2D eigenvalue weighted by Gasteiger charge is 2.16. The Morgan fingerprint density at radius 1 is 0.714 bits per heavy atom. The molecule has 0 aliphatic heterocycles. The lowest BCUT2D eigenvalue weighted by Crippen LogP contribution is -2.04. The predicted molar refractivity (Wildman–Crippen MR) is 133 cm³/mol. The van der Waals surface area contributed by atoms with Crippen molar-refractivity contribution in [3.63, 3.8) is 0 Å². The van der Waals surface area contributed by atoms with Gasteiger partial charge in [-0.1, -0.05) is 6.07 Å². The molecule has 8 heteroatoms. The molecule has 5 aromatic rings. The normalized spacial score (nSPS) is 10.7. The summed E-state index contributed by atoms with van der Waals surface area (Å²) in [5, 5.41) is 12.2. The van der Waals surface area contributed by atoms with Crippen LogP contribution in [0.2, 0.25) is 0 Å². The van der Waals surface area contributed by atoms with E-state index in [4.69, 9.17) is 18.9 Å². The van der Waals surface area contributed by atoms with Crippen molar-refractivity contribution in [2.75, 3.05) is 19.5 Å². The van der Waals surface area contributed by atoms with Gasteiger partial charge in [-0.15, -0.1) is 10.2 Å². The van der Waals surface area contributed by atoms with Crippen molar-refractivity contribution < 1.29 is 13.9 Å². The fourth-order valence-corrected chi connectivity index (χ4v) is 3.58. The molecule has 0 saturated heterocycles. The highest BCUT2D eigenvalue weighted by molar-refractivity contribution is 5.79. The molecule has 3 heterocycles. The summed E-state index contributed by atoms with van der Waals surface area (Å²) in [6.07, 6.45) is 1.64. The van der Waals surface area contributed by atoms with Gasteiger partial charge in [0.15, 0.2) is 0 Å². The fourth-order valence-electron chi connectivity index (χ4n) is 3.58. The van der Waals surface area contributed by atoms with Gasteiger partial charge in [0, 0.05) is 11.1 Å². The molecule has 0 bridgehead atoms. The number of furan rings is 1. The van der Waals surface area contributed by atoms with Crippen molar-refractivity contribution in [2.45, 2.75) is 6.54 Å². The second kappa shape index (κ2) is 10.0. The van der Waals surface area contributed by atoms with Gasteiger partial charge in [0.05, 0.1) is 27.0 Å². The van der Waals surface area contributed by atoms with E-state index in [2.05, 4.69) is 20.5 Å². The van der Waals surface area contributed by atoms with E-state index in [1.807, 2.05) is 78.9 Å². The topological polar surface area (TPSA) is 95.2 Å². The number of nitrogens with zero attached hydrogens (tertiary/aromatic N) is 4. The number of rotatable bonds is 8. The fraction of sp³-hybridized carbons (Fsp3) is 0.111. The first kappa shape index (κ1) is 22.1. The van der Waals surface area contributed by atoms with E-state index in [-0.39, 0.29) is 0 Å². The zero-order chi connectivity index (χ0) is 24.0. The third kappa shape index (κ3) is 4.96. The van der Waals surface area contributed by atoms with Crippen molar-refractivity contribution in [1.82, 2.24) is 20.2 Å². The number of hydrogen-bond acceptors (Lipinski definition) is 8. The molecular weight excluding hydrogens is 442 g/mol. The Morgan fingerprint density at radius 2 is 1.40 bits per heavy atom. The van der Waals surface area contributed by atoms with Crippen molar-refractivity contribution >= 4 is 5.82 Å². The average molecular weight is 466 g/mol. The molecule has 3 aromatic heterocycles. The van der Waals surface area contributed by atoms with Gasteiger partial charge in [-0.25, -0.2) is 9.97 Å². The summed E-state index contributed by atoms with van der Waals surface area (Å²) < 4.78 is 16.0. The Balaban J connectivity index is 1.53. The second-order valence-electron chi connectivity index (χ2n) is 7.63. The average Bonchev–Trinajstić information content (AvgIpc) is 3.46. The highest BCUT2D eigenvalue weighted by Crippen LogP contribution is 2.32. The van der Waals surface area contributed by atoms with Crippen LogP contribution in [0.25, 0.3) is 34.0 Å². The molecule has 0 unspecified atom stereocenters. The SMILES string of the molecule is COc1ccc(-c2nnc(-c3cccc(NCc4ccco4)n3)nc2-c2ccc(OC)cc2)cc1. The van der Waals surface area contributed by atoms with Gasteiger partial charge in [0.25, 0.3) is 0 Å². The molecule has 2 aromatic carbocycles. The van der Waals surface area contributed by atoms with Gasteiger partial charge in [0.2, 0.25) is 5.82 Å². The minimum absolute atomic E-state index is 0.426. The Labute approximate surface area is 202 Å². The van der Waals surface area contributed by atoms with Crippen LogP contribution in [0.5, 0.6) is 11.5 Å². The zero-order valence-corrected chi connectivity index (χ0v) is 19.3. The maximum atomic E-state index is 5.38. The van der Waals surface area contributed by atoms with Crippen molar-refractivity contribution in [1.29, 1.82) is 0 Å². The van der Waals surface area contributed by atoms with Crippen LogP contribution in [0.1, 0.15) is 5.76 Å².